The highest BCUT2D eigenvalue weighted by Crippen LogP contribution is 2.64. The predicted molar refractivity (Wildman–Crippen MR) is 96.4 cm³/mol. The molecule has 0 amide bonds. The maximum absolute atomic E-state index is 13.2. The Morgan fingerprint density at radius 1 is 1.22 bits per heavy atom. The minimum absolute atomic E-state index is 0.0980. The molecule has 9 heteroatoms. The molecule has 1 unspecified atom stereocenters. The van der Waals surface area contributed by atoms with E-state index in [0.29, 0.717) is 30.5 Å². The molecule has 1 aromatic carbocycles. The van der Waals surface area contributed by atoms with Crippen LogP contribution in [0, 0.1) is 12.3 Å². The van der Waals surface area contributed by atoms with Crippen LogP contribution >= 0.6 is 0 Å². The van der Waals surface area contributed by atoms with Gasteiger partial charge in [-0.3, -0.25) is 0 Å². The highest BCUT2D eigenvalue weighted by Gasteiger charge is 2.58. The Balaban J connectivity index is 1.51. The third-order valence-electron chi connectivity index (χ3n) is 5.75. The molecule has 1 aliphatic heterocycles. The second-order valence-electron chi connectivity index (χ2n) is 7.21. The van der Waals surface area contributed by atoms with Crippen molar-refractivity contribution < 1.29 is 22.4 Å². The highest BCUT2D eigenvalue weighted by molar-refractivity contribution is 7.89. The van der Waals surface area contributed by atoms with E-state index in [1.54, 1.807) is 19.1 Å². The lowest BCUT2D eigenvalue weighted by molar-refractivity contribution is 0.248. The van der Waals surface area contributed by atoms with E-state index >= 15 is 0 Å². The third kappa shape index (κ3) is 3.08. The summed E-state index contributed by atoms with van der Waals surface area (Å²) in [6.45, 7) is 2.72. The lowest BCUT2D eigenvalue weighted by Gasteiger charge is -2.32. The van der Waals surface area contributed by atoms with Gasteiger partial charge >= 0.3 is 0 Å². The summed E-state index contributed by atoms with van der Waals surface area (Å²) in [6, 6.07) is 4.82. The third-order valence-corrected chi connectivity index (χ3v) is 7.67. The molecule has 1 atom stereocenters. The molecule has 0 bridgehead atoms. The summed E-state index contributed by atoms with van der Waals surface area (Å²) in [5.74, 6) is 2.39. The van der Waals surface area contributed by atoms with Gasteiger partial charge < -0.3 is 14.0 Å². The van der Waals surface area contributed by atoms with Crippen molar-refractivity contribution in [3.05, 3.63) is 29.9 Å². The molecule has 1 aromatic heterocycles. The molecular weight excluding hydrogens is 370 g/mol. The summed E-state index contributed by atoms with van der Waals surface area (Å²) in [6.07, 6.45) is 2.57. The first-order chi connectivity index (χ1) is 12.9. The van der Waals surface area contributed by atoms with Gasteiger partial charge in [0.25, 0.3) is 0 Å². The minimum Gasteiger partial charge on any atom is -0.497 e. The Morgan fingerprint density at radius 2 is 1.96 bits per heavy atom. The number of nitrogens with zero attached hydrogens (tertiary/aromatic N) is 3. The monoisotopic (exact) mass is 393 g/mol. The summed E-state index contributed by atoms with van der Waals surface area (Å²) in [7, 11) is -0.684. The van der Waals surface area contributed by atoms with Gasteiger partial charge in [0.2, 0.25) is 15.9 Å². The molecule has 2 aromatic rings. The van der Waals surface area contributed by atoms with Crippen LogP contribution in [0.2, 0.25) is 0 Å². The van der Waals surface area contributed by atoms with E-state index < -0.39 is 10.0 Å². The topological polar surface area (TPSA) is 94.8 Å². The standard InChI is InChI=1S/C18H23N3O5S/c1-12-19-17(20-26-12)14-11-18(14)6-8-21(9-7-18)27(22,23)16-10-13(24-2)4-5-15(16)25-3/h4-5,10,14H,6-9,11H2,1-3H3. The van der Waals surface area contributed by atoms with Crippen LogP contribution in [-0.2, 0) is 10.0 Å². The number of hydrogen-bond donors (Lipinski definition) is 0. The summed E-state index contributed by atoms with van der Waals surface area (Å²) in [5.41, 5.74) is 0.0980. The van der Waals surface area contributed by atoms with E-state index in [-0.39, 0.29) is 16.2 Å². The van der Waals surface area contributed by atoms with Crippen LogP contribution in [0.5, 0.6) is 11.5 Å². The molecule has 1 saturated heterocycles. The summed E-state index contributed by atoms with van der Waals surface area (Å²) in [5, 5.41) is 4.04. The molecule has 0 radical (unpaired) electrons. The Hall–Kier alpha value is -2.13. The first-order valence-electron chi connectivity index (χ1n) is 8.92. The van der Waals surface area contributed by atoms with Crippen LogP contribution < -0.4 is 9.47 Å². The van der Waals surface area contributed by atoms with Crippen LogP contribution in [0.1, 0.15) is 36.9 Å². The number of aryl methyl sites for hydroxylation is 1. The molecule has 1 saturated carbocycles. The van der Waals surface area contributed by atoms with Gasteiger partial charge in [-0.05, 0) is 36.8 Å². The SMILES string of the molecule is COc1ccc(OC)c(S(=O)(=O)N2CCC3(CC2)CC3c2noc(C)n2)c1. The molecule has 0 N–H and O–H groups in total. The molecule has 1 aliphatic carbocycles. The lowest BCUT2D eigenvalue weighted by Crippen LogP contribution is -2.39. The van der Waals surface area contributed by atoms with E-state index in [2.05, 4.69) is 10.1 Å². The van der Waals surface area contributed by atoms with Crippen LogP contribution in [0.15, 0.2) is 27.6 Å². The Bertz CT molecular complexity index is 948. The van der Waals surface area contributed by atoms with E-state index in [9.17, 15) is 8.42 Å². The van der Waals surface area contributed by atoms with Gasteiger partial charge in [0, 0.05) is 32.0 Å². The van der Waals surface area contributed by atoms with Crippen molar-refractivity contribution in [2.75, 3.05) is 27.3 Å². The molecule has 2 fully saturated rings. The van der Waals surface area contributed by atoms with Gasteiger partial charge in [0.15, 0.2) is 5.82 Å². The summed E-state index contributed by atoms with van der Waals surface area (Å²) < 4.78 is 43.4. The number of sulfonamides is 1. The average molecular weight is 393 g/mol. The van der Waals surface area contributed by atoms with Crippen molar-refractivity contribution in [3.63, 3.8) is 0 Å². The Labute approximate surface area is 158 Å². The molecule has 2 aliphatic rings. The van der Waals surface area contributed by atoms with Crippen molar-refractivity contribution in [3.8, 4) is 11.5 Å². The van der Waals surface area contributed by atoms with Crippen molar-refractivity contribution in [2.45, 2.75) is 37.0 Å². The zero-order valence-electron chi connectivity index (χ0n) is 15.6. The fourth-order valence-electron chi connectivity index (χ4n) is 4.02. The quantitative estimate of drug-likeness (QED) is 0.769. The van der Waals surface area contributed by atoms with Gasteiger partial charge in [0.05, 0.1) is 14.2 Å². The van der Waals surface area contributed by atoms with Gasteiger partial charge in [-0.1, -0.05) is 5.16 Å². The van der Waals surface area contributed by atoms with Crippen LogP contribution in [0.4, 0.5) is 0 Å². The van der Waals surface area contributed by atoms with Gasteiger partial charge in [-0.15, -0.1) is 0 Å². The number of rotatable bonds is 5. The van der Waals surface area contributed by atoms with Crippen molar-refractivity contribution in [2.24, 2.45) is 5.41 Å². The first kappa shape index (κ1) is 18.2. The number of piperidine rings is 1. The van der Waals surface area contributed by atoms with E-state index in [1.807, 2.05) is 0 Å². The van der Waals surface area contributed by atoms with Crippen molar-refractivity contribution in [1.29, 1.82) is 0 Å². The van der Waals surface area contributed by atoms with Crippen LogP contribution in [0.3, 0.4) is 0 Å². The number of benzene rings is 1. The lowest BCUT2D eigenvalue weighted by atomic mass is 9.92. The Morgan fingerprint density at radius 3 is 2.56 bits per heavy atom. The molecule has 8 nitrogen and oxygen atoms in total. The highest BCUT2D eigenvalue weighted by atomic mass is 32.2. The average Bonchev–Trinajstić information content (AvgIpc) is 3.19. The second kappa shape index (κ2) is 6.49. The molecule has 4 rings (SSSR count). The largest absolute Gasteiger partial charge is 0.497 e. The number of ether oxygens (including phenoxy) is 2. The fourth-order valence-corrected chi connectivity index (χ4v) is 5.63. The maximum atomic E-state index is 13.2. The molecular formula is C18H23N3O5S. The van der Waals surface area contributed by atoms with Gasteiger partial charge in [0.1, 0.15) is 16.4 Å². The van der Waals surface area contributed by atoms with Crippen LogP contribution in [0.25, 0.3) is 0 Å². The molecule has 2 heterocycles. The van der Waals surface area contributed by atoms with Crippen molar-refractivity contribution >= 4 is 10.0 Å². The van der Waals surface area contributed by atoms with Crippen molar-refractivity contribution in [1.82, 2.24) is 14.4 Å². The molecule has 27 heavy (non-hydrogen) atoms. The first-order valence-corrected chi connectivity index (χ1v) is 10.4. The second-order valence-corrected chi connectivity index (χ2v) is 9.12. The van der Waals surface area contributed by atoms with E-state index in [4.69, 9.17) is 14.0 Å². The number of aromatic nitrogens is 2. The van der Waals surface area contributed by atoms with E-state index in [1.165, 1.54) is 24.6 Å². The predicted octanol–water partition coefficient (Wildman–Crippen LogP) is 2.35. The number of methoxy groups -OCH3 is 2. The van der Waals surface area contributed by atoms with Gasteiger partial charge in [-0.2, -0.15) is 9.29 Å². The normalized spacial score (nSPS) is 22.0. The van der Waals surface area contributed by atoms with Crippen LogP contribution in [-0.4, -0.2) is 50.2 Å². The zero-order chi connectivity index (χ0) is 19.2. The molecule has 1 spiro atoms. The zero-order valence-corrected chi connectivity index (χ0v) is 16.5. The molecule has 146 valence electrons. The minimum atomic E-state index is -3.66. The maximum Gasteiger partial charge on any atom is 0.246 e. The van der Waals surface area contributed by atoms with Gasteiger partial charge in [-0.25, -0.2) is 8.42 Å². The Kier molecular flexibility index (Phi) is 4.38. The summed E-state index contributed by atoms with van der Waals surface area (Å²) in [4.78, 5) is 4.48. The number of hydrogen-bond acceptors (Lipinski definition) is 7. The summed E-state index contributed by atoms with van der Waals surface area (Å²) >= 11 is 0. The fraction of sp³-hybridized carbons (Fsp3) is 0.556. The van der Waals surface area contributed by atoms with E-state index in [0.717, 1.165) is 25.1 Å². The smallest absolute Gasteiger partial charge is 0.246 e.